The summed E-state index contributed by atoms with van der Waals surface area (Å²) in [4.78, 5) is 11.9. The second-order valence-electron chi connectivity index (χ2n) is 5.62. The fraction of sp³-hybridized carbons (Fsp3) is 0.688. The summed E-state index contributed by atoms with van der Waals surface area (Å²) < 4.78 is 0. The average Bonchev–Trinajstić information content (AvgIpc) is 2.32. The highest BCUT2D eigenvalue weighted by Crippen LogP contribution is 2.34. The maximum Gasteiger partial charge on any atom is 0.154 e. The molecule has 0 radical (unpaired) electrons. The van der Waals surface area contributed by atoms with E-state index < -0.39 is 0 Å². The Labute approximate surface area is 114 Å². The highest BCUT2D eigenvalue weighted by Gasteiger charge is 2.29. The lowest BCUT2D eigenvalue weighted by Crippen LogP contribution is -2.26. The molecule has 1 unspecified atom stereocenters. The van der Waals surface area contributed by atoms with Gasteiger partial charge in [-0.2, -0.15) is 0 Å². The Morgan fingerprint density at radius 3 is 2.06 bits per heavy atom. The summed E-state index contributed by atoms with van der Waals surface area (Å²) in [5.74, 6) is 0.302. The number of hydrogen-bond acceptors (Lipinski definition) is 1. The van der Waals surface area contributed by atoms with Gasteiger partial charge in [-0.1, -0.05) is 50.3 Å². The van der Waals surface area contributed by atoms with Crippen molar-refractivity contribution in [2.24, 2.45) is 5.41 Å². The number of rotatable bonds is 7. The summed E-state index contributed by atoms with van der Waals surface area (Å²) in [6.07, 6.45) is 5.14. The molecule has 0 bridgehead atoms. The van der Waals surface area contributed by atoms with Crippen LogP contribution in [0.15, 0.2) is 22.7 Å². The van der Waals surface area contributed by atoms with Gasteiger partial charge in [0.05, 0.1) is 0 Å². The first-order chi connectivity index (χ1) is 8.32. The van der Waals surface area contributed by atoms with E-state index >= 15 is 0 Å². The van der Waals surface area contributed by atoms with Gasteiger partial charge in [-0.3, -0.25) is 4.79 Å². The van der Waals surface area contributed by atoms with Crippen LogP contribution in [0.5, 0.6) is 0 Å². The van der Waals surface area contributed by atoms with Crippen LogP contribution >= 0.6 is 0 Å². The second kappa shape index (κ2) is 7.61. The first-order valence-corrected chi connectivity index (χ1v) is 7.19. The maximum absolute atomic E-state index is 11.9. The molecule has 0 saturated carbocycles. The zero-order valence-electron chi connectivity index (χ0n) is 13.3. The number of carbonyl (C=O) groups is 1. The predicted molar refractivity (Wildman–Crippen MR) is 83.5 cm³/mol. The minimum Gasteiger partial charge on any atom is -0.299 e. The van der Waals surface area contributed by atoms with Gasteiger partial charge in [0.2, 0.25) is 0 Å². The lowest BCUT2D eigenvalue weighted by molar-refractivity contribution is -0.125. The van der Waals surface area contributed by atoms with Crippen LogP contribution in [0.25, 0.3) is 0 Å². The number of Topliss-reactive ketones (excluding diaryl/α,β-unsaturated/α-hetero) is 1. The molecule has 0 rings (SSSR count). The Hall–Kier alpha value is -0.785. The summed E-state index contributed by atoms with van der Waals surface area (Å²) in [7, 11) is 1.05. The molecule has 102 valence electrons. The van der Waals surface area contributed by atoms with Gasteiger partial charge >= 0.3 is 0 Å². The van der Waals surface area contributed by atoms with Crippen molar-refractivity contribution in [3.63, 3.8) is 0 Å². The molecule has 0 aliphatic heterocycles. The highest BCUT2D eigenvalue weighted by atomic mass is 16.1. The standard InChI is InChI=1S/C16H29BO/c1-8-10-15(17-7)14(12(3)4)11-16(6,9-2)13(5)18/h10,17H,8-9,11H2,1-7H3/b15-10+. The average molecular weight is 248 g/mol. The zero-order chi connectivity index (χ0) is 14.3. The van der Waals surface area contributed by atoms with Gasteiger partial charge in [-0.15, -0.1) is 0 Å². The third-order valence-corrected chi connectivity index (χ3v) is 4.02. The Bertz CT molecular complexity index is 348. The third kappa shape index (κ3) is 4.47. The van der Waals surface area contributed by atoms with Crippen LogP contribution in [-0.4, -0.2) is 13.1 Å². The van der Waals surface area contributed by atoms with E-state index in [4.69, 9.17) is 0 Å². The van der Waals surface area contributed by atoms with E-state index in [9.17, 15) is 4.79 Å². The van der Waals surface area contributed by atoms with Gasteiger partial charge in [0.25, 0.3) is 0 Å². The summed E-state index contributed by atoms with van der Waals surface area (Å²) in [5.41, 5.74) is 3.93. The minimum atomic E-state index is -0.214. The Morgan fingerprint density at radius 2 is 1.78 bits per heavy atom. The molecule has 1 atom stereocenters. The smallest absolute Gasteiger partial charge is 0.154 e. The number of ketones is 1. The van der Waals surface area contributed by atoms with Crippen molar-refractivity contribution in [3.05, 3.63) is 22.7 Å². The van der Waals surface area contributed by atoms with Crippen molar-refractivity contribution in [2.45, 2.75) is 67.6 Å². The SMILES string of the molecule is CB/C(=C/CC)C(CC(C)(CC)C(C)=O)=C(C)C. The van der Waals surface area contributed by atoms with E-state index in [1.807, 2.05) is 0 Å². The van der Waals surface area contributed by atoms with Crippen LogP contribution in [0.2, 0.25) is 6.82 Å². The molecule has 0 heterocycles. The van der Waals surface area contributed by atoms with Gasteiger partial charge < -0.3 is 0 Å². The van der Waals surface area contributed by atoms with E-state index in [1.165, 1.54) is 16.6 Å². The van der Waals surface area contributed by atoms with Gasteiger partial charge in [-0.05, 0) is 40.0 Å². The monoisotopic (exact) mass is 248 g/mol. The van der Waals surface area contributed by atoms with E-state index in [-0.39, 0.29) is 5.41 Å². The molecule has 0 amide bonds. The molecule has 0 spiro atoms. The molecule has 0 aliphatic carbocycles. The molecule has 0 fully saturated rings. The molecule has 0 aliphatic rings. The van der Waals surface area contributed by atoms with Gasteiger partial charge in [0, 0.05) is 5.41 Å². The van der Waals surface area contributed by atoms with Crippen molar-refractivity contribution in [1.29, 1.82) is 0 Å². The molecule has 18 heavy (non-hydrogen) atoms. The molecule has 0 N–H and O–H groups in total. The van der Waals surface area contributed by atoms with E-state index in [2.05, 4.69) is 47.5 Å². The summed E-state index contributed by atoms with van der Waals surface area (Å²) in [6, 6.07) is 0. The van der Waals surface area contributed by atoms with Crippen molar-refractivity contribution in [1.82, 2.24) is 0 Å². The lowest BCUT2D eigenvalue weighted by atomic mass is 9.64. The fourth-order valence-corrected chi connectivity index (χ4v) is 2.23. The zero-order valence-corrected chi connectivity index (χ0v) is 13.3. The molecule has 0 saturated heterocycles. The molecule has 0 aromatic carbocycles. The fourth-order valence-electron chi connectivity index (χ4n) is 2.23. The maximum atomic E-state index is 11.9. The van der Waals surface area contributed by atoms with E-state index in [1.54, 1.807) is 6.92 Å². The Balaban J connectivity index is 5.38. The Kier molecular flexibility index (Phi) is 7.27. The van der Waals surface area contributed by atoms with Gasteiger partial charge in [-0.25, -0.2) is 0 Å². The van der Waals surface area contributed by atoms with Crippen molar-refractivity contribution >= 4 is 13.1 Å². The quantitative estimate of drug-likeness (QED) is 0.479. The molecule has 0 aromatic rings. The van der Waals surface area contributed by atoms with Crippen LogP contribution in [0.4, 0.5) is 0 Å². The summed E-state index contributed by atoms with van der Waals surface area (Å²) in [6.45, 7) is 14.6. The van der Waals surface area contributed by atoms with Crippen LogP contribution in [0.1, 0.15) is 60.8 Å². The first-order valence-electron chi connectivity index (χ1n) is 7.19. The number of hydrogen-bond donors (Lipinski definition) is 0. The highest BCUT2D eigenvalue weighted by molar-refractivity contribution is 6.45. The third-order valence-electron chi connectivity index (χ3n) is 4.02. The van der Waals surface area contributed by atoms with Crippen LogP contribution in [-0.2, 0) is 4.79 Å². The van der Waals surface area contributed by atoms with Crippen LogP contribution < -0.4 is 0 Å². The largest absolute Gasteiger partial charge is 0.299 e. The summed E-state index contributed by atoms with van der Waals surface area (Å²) in [5, 5.41) is 0. The van der Waals surface area contributed by atoms with Crippen molar-refractivity contribution < 1.29 is 4.79 Å². The van der Waals surface area contributed by atoms with Crippen LogP contribution in [0.3, 0.4) is 0 Å². The van der Waals surface area contributed by atoms with E-state index in [0.717, 1.165) is 26.5 Å². The van der Waals surface area contributed by atoms with Crippen LogP contribution in [0, 0.1) is 5.41 Å². The van der Waals surface area contributed by atoms with Gasteiger partial charge in [0.1, 0.15) is 5.78 Å². The lowest BCUT2D eigenvalue weighted by Gasteiger charge is -2.28. The molecular formula is C16H29BO. The van der Waals surface area contributed by atoms with Gasteiger partial charge in [0.15, 0.2) is 7.28 Å². The normalized spacial score (nSPS) is 14.9. The number of carbonyl (C=O) groups excluding carboxylic acids is 1. The topological polar surface area (TPSA) is 17.1 Å². The number of allylic oxidation sites excluding steroid dienone is 4. The molecule has 2 heteroatoms. The molecule has 1 nitrogen and oxygen atoms in total. The van der Waals surface area contributed by atoms with Crippen molar-refractivity contribution in [2.75, 3.05) is 0 Å². The minimum absolute atomic E-state index is 0.214. The first kappa shape index (κ1) is 17.2. The van der Waals surface area contributed by atoms with E-state index in [0.29, 0.717) is 5.78 Å². The summed E-state index contributed by atoms with van der Waals surface area (Å²) >= 11 is 0. The predicted octanol–water partition coefficient (Wildman–Crippen LogP) is 4.50. The second-order valence-corrected chi connectivity index (χ2v) is 5.62. The van der Waals surface area contributed by atoms with Crippen molar-refractivity contribution in [3.8, 4) is 0 Å². The molecular weight excluding hydrogens is 219 g/mol. The molecule has 0 aromatic heterocycles. The Morgan fingerprint density at radius 1 is 1.22 bits per heavy atom.